The van der Waals surface area contributed by atoms with Gasteiger partial charge in [-0.25, -0.2) is 4.98 Å². The van der Waals surface area contributed by atoms with Crippen molar-refractivity contribution in [2.75, 3.05) is 12.3 Å². The van der Waals surface area contributed by atoms with Crippen molar-refractivity contribution in [2.24, 2.45) is 5.92 Å². The average molecular weight is 452 g/mol. The maximum absolute atomic E-state index is 13.4. The zero-order valence-corrected chi connectivity index (χ0v) is 20.2. The summed E-state index contributed by atoms with van der Waals surface area (Å²) in [5, 5.41) is 10.8. The first-order valence-corrected chi connectivity index (χ1v) is 13.4. The number of anilines is 1. The number of fused-ring (bicyclic) bond motifs is 1. The lowest BCUT2D eigenvalue weighted by atomic mass is 9.94. The van der Waals surface area contributed by atoms with Crippen LogP contribution in [0.3, 0.4) is 0 Å². The van der Waals surface area contributed by atoms with E-state index in [9.17, 15) is 14.7 Å². The number of ketones is 1. The van der Waals surface area contributed by atoms with E-state index in [0.717, 1.165) is 0 Å². The van der Waals surface area contributed by atoms with Gasteiger partial charge in [0.2, 0.25) is 11.7 Å². The molecule has 0 saturated carbocycles. The molecule has 4 N–H and O–H groups in total. The zero-order chi connectivity index (χ0) is 23.4. The van der Waals surface area contributed by atoms with Gasteiger partial charge >= 0.3 is 0 Å². The molecule has 0 bridgehead atoms. The van der Waals surface area contributed by atoms with Gasteiger partial charge in [0.15, 0.2) is 25.3 Å². The minimum Gasteiger partial charge on any atom is -0.414 e. The Morgan fingerprint density at radius 3 is 2.71 bits per heavy atom. The van der Waals surface area contributed by atoms with E-state index >= 15 is 0 Å². The Morgan fingerprint density at radius 2 is 2.13 bits per heavy atom. The molecule has 31 heavy (non-hydrogen) atoms. The Balaban J connectivity index is 2.02. The van der Waals surface area contributed by atoms with Crippen molar-refractivity contribution in [3.8, 4) is 0 Å². The van der Waals surface area contributed by atoms with Crippen molar-refractivity contribution in [1.82, 2.24) is 19.5 Å². The molecule has 0 radical (unpaired) electrons. The molecule has 1 saturated heterocycles. The third kappa shape index (κ3) is 4.07. The lowest BCUT2D eigenvalue weighted by Crippen LogP contribution is -2.46. The standard InChI is InChI=1S/C20H33N5O5Si/c1-11(2)15(27)20(25-10-22-14-16(25)23-18(21)24-17(14)28)8-12(26)13(30-20)9-29-31(6,7)19(3,4)5/h10-13,26H,8-9H2,1-7H3,(H3,21,23,24,28)/t12-,13+,20-/m0/s1. The number of aliphatic hydroxyl groups is 1. The SMILES string of the molecule is CC(C)C(=O)[C@]1(n2cnc3c(=O)[nH]c(N)nc32)C[C@H](O)[C@@H](CO[Si](C)(C)C(C)(C)C)O1. The van der Waals surface area contributed by atoms with E-state index in [1.54, 1.807) is 13.8 Å². The van der Waals surface area contributed by atoms with Gasteiger partial charge in [-0.05, 0) is 18.1 Å². The molecule has 3 rings (SSSR count). The van der Waals surface area contributed by atoms with Crippen LogP contribution in [0, 0.1) is 5.92 Å². The maximum Gasteiger partial charge on any atom is 0.280 e. The van der Waals surface area contributed by atoms with E-state index in [1.807, 2.05) is 0 Å². The van der Waals surface area contributed by atoms with Gasteiger partial charge in [0.05, 0.1) is 12.7 Å². The van der Waals surface area contributed by atoms with E-state index in [4.69, 9.17) is 14.9 Å². The number of aromatic nitrogens is 4. The van der Waals surface area contributed by atoms with Crippen molar-refractivity contribution in [3.63, 3.8) is 0 Å². The molecule has 1 aliphatic heterocycles. The molecule has 3 heterocycles. The van der Waals surface area contributed by atoms with Gasteiger partial charge in [-0.2, -0.15) is 4.98 Å². The molecule has 11 heteroatoms. The van der Waals surface area contributed by atoms with E-state index < -0.39 is 37.7 Å². The van der Waals surface area contributed by atoms with E-state index in [1.165, 1.54) is 10.9 Å². The van der Waals surface area contributed by atoms with Crippen molar-refractivity contribution < 1.29 is 19.1 Å². The summed E-state index contributed by atoms with van der Waals surface area (Å²) >= 11 is 0. The molecule has 10 nitrogen and oxygen atoms in total. The first kappa shape index (κ1) is 23.6. The first-order valence-electron chi connectivity index (χ1n) is 10.5. The van der Waals surface area contributed by atoms with Crippen LogP contribution >= 0.6 is 0 Å². The third-order valence-corrected chi connectivity index (χ3v) is 10.9. The summed E-state index contributed by atoms with van der Waals surface area (Å²) in [7, 11) is -2.09. The minimum absolute atomic E-state index is 0.00458. The van der Waals surface area contributed by atoms with Gasteiger partial charge in [0.1, 0.15) is 12.4 Å². The number of imidazole rings is 1. The smallest absolute Gasteiger partial charge is 0.280 e. The molecule has 0 spiro atoms. The normalized spacial score (nSPS) is 24.9. The fourth-order valence-corrected chi connectivity index (χ4v) is 4.53. The van der Waals surface area contributed by atoms with E-state index in [2.05, 4.69) is 48.8 Å². The monoisotopic (exact) mass is 451 g/mol. The van der Waals surface area contributed by atoms with Crippen molar-refractivity contribution in [1.29, 1.82) is 0 Å². The number of rotatable bonds is 6. The second-order valence-corrected chi connectivity index (χ2v) is 14.8. The summed E-state index contributed by atoms with van der Waals surface area (Å²) in [6, 6.07) is 0. The molecule has 0 aromatic carbocycles. The number of ether oxygens (including phenoxy) is 1. The van der Waals surface area contributed by atoms with Crippen LogP contribution in [-0.4, -0.2) is 57.5 Å². The second kappa shape index (κ2) is 7.80. The Hall–Kier alpha value is -2.08. The van der Waals surface area contributed by atoms with Gasteiger partial charge in [0.25, 0.3) is 5.56 Å². The van der Waals surface area contributed by atoms with Crippen molar-refractivity contribution in [2.45, 2.75) is 77.1 Å². The number of Topliss-reactive ketones (excluding diaryl/α,β-unsaturated/α-hetero) is 1. The van der Waals surface area contributed by atoms with E-state index in [-0.39, 0.29) is 41.0 Å². The molecule has 1 aliphatic rings. The molecule has 2 aromatic heterocycles. The number of hydrogen-bond acceptors (Lipinski definition) is 8. The predicted octanol–water partition coefficient (Wildman–Crippen LogP) is 1.75. The van der Waals surface area contributed by atoms with Crippen LogP contribution in [0.1, 0.15) is 41.0 Å². The molecular weight excluding hydrogens is 418 g/mol. The lowest BCUT2D eigenvalue weighted by Gasteiger charge is -2.37. The number of aliphatic hydroxyl groups excluding tert-OH is 1. The van der Waals surface area contributed by atoms with Crippen LogP contribution < -0.4 is 11.3 Å². The van der Waals surface area contributed by atoms with Gasteiger partial charge in [-0.3, -0.25) is 19.1 Å². The molecule has 0 amide bonds. The maximum atomic E-state index is 13.4. The topological polar surface area (TPSA) is 145 Å². The Morgan fingerprint density at radius 1 is 1.48 bits per heavy atom. The average Bonchev–Trinajstić information content (AvgIpc) is 3.20. The third-order valence-electron chi connectivity index (χ3n) is 6.40. The highest BCUT2D eigenvalue weighted by Gasteiger charge is 2.54. The van der Waals surface area contributed by atoms with Crippen LogP contribution in [0.25, 0.3) is 11.2 Å². The Kier molecular flexibility index (Phi) is 5.93. The van der Waals surface area contributed by atoms with Crippen LogP contribution in [0.4, 0.5) is 5.95 Å². The second-order valence-electron chi connectivity index (χ2n) is 10.0. The first-order chi connectivity index (χ1) is 14.2. The van der Waals surface area contributed by atoms with Crippen molar-refractivity contribution in [3.05, 3.63) is 16.7 Å². The molecule has 3 atom stereocenters. The number of H-pyrrole nitrogens is 1. The summed E-state index contributed by atoms with van der Waals surface area (Å²) in [6.45, 7) is 14.3. The number of carbonyl (C=O) groups is 1. The van der Waals surface area contributed by atoms with Gasteiger partial charge < -0.3 is 20.0 Å². The summed E-state index contributed by atoms with van der Waals surface area (Å²) in [4.78, 5) is 36.3. The summed E-state index contributed by atoms with van der Waals surface area (Å²) in [5.74, 6) is -0.742. The van der Waals surface area contributed by atoms with Crippen LogP contribution in [0.2, 0.25) is 18.1 Å². The summed E-state index contributed by atoms with van der Waals surface area (Å²) < 4.78 is 13.9. The Bertz CT molecular complexity index is 1040. The minimum atomic E-state index is -2.09. The number of nitrogens with zero attached hydrogens (tertiary/aromatic N) is 3. The highest BCUT2D eigenvalue weighted by Crippen LogP contribution is 2.41. The number of aromatic amines is 1. The fourth-order valence-electron chi connectivity index (χ4n) is 3.52. The lowest BCUT2D eigenvalue weighted by molar-refractivity contribution is -0.163. The quantitative estimate of drug-likeness (QED) is 0.563. The van der Waals surface area contributed by atoms with Crippen LogP contribution in [0.15, 0.2) is 11.1 Å². The predicted molar refractivity (Wildman–Crippen MR) is 119 cm³/mol. The number of nitrogens with one attached hydrogen (secondary N) is 1. The zero-order valence-electron chi connectivity index (χ0n) is 19.2. The Labute approximate surface area is 182 Å². The summed E-state index contributed by atoms with van der Waals surface area (Å²) in [6.07, 6.45) is -0.316. The molecule has 172 valence electrons. The number of nitrogen functional groups attached to an aromatic ring is 1. The van der Waals surface area contributed by atoms with Crippen LogP contribution in [0.5, 0.6) is 0 Å². The van der Waals surface area contributed by atoms with Gasteiger partial charge in [-0.1, -0.05) is 34.6 Å². The van der Waals surface area contributed by atoms with Crippen LogP contribution in [-0.2, 0) is 19.7 Å². The largest absolute Gasteiger partial charge is 0.414 e. The highest BCUT2D eigenvalue weighted by atomic mass is 28.4. The van der Waals surface area contributed by atoms with Gasteiger partial charge in [0, 0.05) is 12.3 Å². The molecule has 2 aromatic rings. The fraction of sp³-hybridized carbons (Fsp3) is 0.700. The number of carbonyl (C=O) groups excluding carboxylic acids is 1. The highest BCUT2D eigenvalue weighted by molar-refractivity contribution is 6.74. The van der Waals surface area contributed by atoms with Crippen molar-refractivity contribution >= 4 is 31.2 Å². The molecule has 0 unspecified atom stereocenters. The van der Waals surface area contributed by atoms with Gasteiger partial charge in [-0.15, -0.1) is 0 Å². The number of nitrogens with two attached hydrogens (primary N) is 1. The molecular formula is C20H33N5O5Si. The number of hydrogen-bond donors (Lipinski definition) is 3. The molecule has 0 aliphatic carbocycles. The molecule has 1 fully saturated rings. The summed E-state index contributed by atoms with van der Waals surface area (Å²) in [5.41, 5.74) is 3.83. The van der Waals surface area contributed by atoms with E-state index in [0.29, 0.717) is 0 Å².